The van der Waals surface area contributed by atoms with E-state index in [9.17, 15) is 20.1 Å². The second-order valence-electron chi connectivity index (χ2n) is 8.48. The number of phenols is 1. The van der Waals surface area contributed by atoms with Crippen LogP contribution in [0, 0.1) is 11.3 Å². The van der Waals surface area contributed by atoms with E-state index in [1.807, 2.05) is 6.07 Å². The number of aromatic hydroxyl groups is 1. The molecule has 132 valence electrons. The molecule has 1 aromatic carbocycles. The van der Waals surface area contributed by atoms with Crippen molar-refractivity contribution in [3.63, 3.8) is 0 Å². The SMILES string of the molecule is CC(C)c1ccc2c(c1O)CC[C@H]1[C@](C)(C(=O)O)C[C@H](O)C[C@]21C. The van der Waals surface area contributed by atoms with Gasteiger partial charge in [0.15, 0.2) is 0 Å². The van der Waals surface area contributed by atoms with Crippen molar-refractivity contribution in [3.8, 4) is 5.75 Å². The maximum absolute atomic E-state index is 12.0. The van der Waals surface area contributed by atoms with Gasteiger partial charge < -0.3 is 15.3 Å². The predicted molar refractivity (Wildman–Crippen MR) is 92.3 cm³/mol. The van der Waals surface area contributed by atoms with Gasteiger partial charge in [-0.15, -0.1) is 0 Å². The molecule has 0 spiro atoms. The topological polar surface area (TPSA) is 77.8 Å². The number of aliphatic hydroxyl groups is 1. The quantitative estimate of drug-likeness (QED) is 0.773. The zero-order chi connectivity index (χ0) is 17.9. The summed E-state index contributed by atoms with van der Waals surface area (Å²) in [5.74, 6) is -0.270. The lowest BCUT2D eigenvalue weighted by molar-refractivity contribution is -0.162. The first-order valence-electron chi connectivity index (χ1n) is 8.88. The fourth-order valence-electron chi connectivity index (χ4n) is 5.41. The normalized spacial score (nSPS) is 35.4. The monoisotopic (exact) mass is 332 g/mol. The molecule has 0 bridgehead atoms. The fraction of sp³-hybridized carbons (Fsp3) is 0.650. The van der Waals surface area contributed by atoms with Crippen LogP contribution < -0.4 is 0 Å². The molecule has 1 saturated carbocycles. The Labute approximate surface area is 143 Å². The maximum Gasteiger partial charge on any atom is 0.309 e. The van der Waals surface area contributed by atoms with Crippen LogP contribution in [0.3, 0.4) is 0 Å². The first-order chi connectivity index (χ1) is 11.1. The predicted octanol–water partition coefficient (Wildman–Crippen LogP) is 3.58. The summed E-state index contributed by atoms with van der Waals surface area (Å²) >= 11 is 0. The molecule has 0 amide bonds. The third-order valence-electron chi connectivity index (χ3n) is 6.58. The number of hydrogen-bond donors (Lipinski definition) is 3. The first kappa shape index (κ1) is 17.3. The molecule has 3 N–H and O–H groups in total. The molecule has 0 aliphatic heterocycles. The van der Waals surface area contributed by atoms with Gasteiger partial charge in [0.05, 0.1) is 11.5 Å². The molecule has 4 heteroatoms. The minimum Gasteiger partial charge on any atom is -0.507 e. The number of fused-ring (bicyclic) bond motifs is 3. The van der Waals surface area contributed by atoms with E-state index in [2.05, 4.69) is 26.8 Å². The van der Waals surface area contributed by atoms with Crippen LogP contribution in [0.1, 0.15) is 69.6 Å². The Hall–Kier alpha value is -1.55. The molecule has 0 unspecified atom stereocenters. The molecule has 4 atom stereocenters. The number of aliphatic hydroxyl groups excluding tert-OH is 1. The van der Waals surface area contributed by atoms with Crippen molar-refractivity contribution in [1.29, 1.82) is 0 Å². The number of benzene rings is 1. The molecule has 0 saturated heterocycles. The third kappa shape index (κ3) is 2.26. The van der Waals surface area contributed by atoms with Gasteiger partial charge in [-0.05, 0) is 66.5 Å². The van der Waals surface area contributed by atoms with E-state index in [0.29, 0.717) is 25.0 Å². The van der Waals surface area contributed by atoms with Crippen LogP contribution in [0.15, 0.2) is 12.1 Å². The Bertz CT molecular complexity index is 680. The van der Waals surface area contributed by atoms with Gasteiger partial charge >= 0.3 is 5.97 Å². The van der Waals surface area contributed by atoms with E-state index in [1.165, 1.54) is 0 Å². The molecule has 1 fully saturated rings. The second kappa shape index (κ2) is 5.48. The van der Waals surface area contributed by atoms with Gasteiger partial charge in [-0.2, -0.15) is 0 Å². The highest BCUT2D eigenvalue weighted by Gasteiger charge is 2.57. The number of phenolic OH excluding ortho intramolecular Hbond substituents is 1. The van der Waals surface area contributed by atoms with Crippen molar-refractivity contribution < 1.29 is 20.1 Å². The van der Waals surface area contributed by atoms with Gasteiger partial charge in [0.2, 0.25) is 0 Å². The Balaban J connectivity index is 2.16. The first-order valence-corrected chi connectivity index (χ1v) is 8.88. The van der Waals surface area contributed by atoms with Crippen LogP contribution in [-0.2, 0) is 16.6 Å². The Kier molecular flexibility index (Phi) is 3.95. The lowest BCUT2D eigenvalue weighted by Gasteiger charge is -2.55. The number of carboxylic acid groups (broad SMARTS) is 1. The van der Waals surface area contributed by atoms with E-state index in [0.717, 1.165) is 23.1 Å². The molecule has 0 heterocycles. The van der Waals surface area contributed by atoms with Crippen molar-refractivity contribution in [1.82, 2.24) is 0 Å². The Morgan fingerprint density at radius 3 is 2.50 bits per heavy atom. The summed E-state index contributed by atoms with van der Waals surface area (Å²) in [5.41, 5.74) is 1.55. The van der Waals surface area contributed by atoms with E-state index < -0.39 is 22.9 Å². The fourth-order valence-corrected chi connectivity index (χ4v) is 5.41. The van der Waals surface area contributed by atoms with Crippen LogP contribution >= 0.6 is 0 Å². The van der Waals surface area contributed by atoms with Gasteiger partial charge in [-0.3, -0.25) is 4.79 Å². The zero-order valence-electron chi connectivity index (χ0n) is 15.0. The molecule has 2 aliphatic rings. The lowest BCUT2D eigenvalue weighted by Crippen LogP contribution is -2.56. The van der Waals surface area contributed by atoms with Crippen LogP contribution in [-0.4, -0.2) is 27.4 Å². The summed E-state index contributed by atoms with van der Waals surface area (Å²) in [6, 6.07) is 4.02. The molecule has 1 aromatic rings. The average Bonchev–Trinajstić information content (AvgIpc) is 2.46. The van der Waals surface area contributed by atoms with Crippen LogP contribution in [0.2, 0.25) is 0 Å². The standard InChI is InChI=1S/C20H28O4/c1-11(2)13-5-7-15-14(17(13)22)6-8-16-19(15,3)9-12(21)10-20(16,4)18(23)24/h5,7,11-12,16,21-22H,6,8-10H2,1-4H3,(H,23,24)/t12-,16-,19-,20-/m1/s1. The van der Waals surface area contributed by atoms with E-state index in [1.54, 1.807) is 6.92 Å². The largest absolute Gasteiger partial charge is 0.507 e. The molecule has 2 aliphatic carbocycles. The minimum atomic E-state index is -0.934. The van der Waals surface area contributed by atoms with Gasteiger partial charge in [0.1, 0.15) is 5.75 Å². The Morgan fingerprint density at radius 1 is 1.25 bits per heavy atom. The molecule has 3 rings (SSSR count). The molecule has 4 nitrogen and oxygen atoms in total. The smallest absolute Gasteiger partial charge is 0.309 e. The summed E-state index contributed by atoms with van der Waals surface area (Å²) in [5, 5.41) is 31.0. The highest BCUT2D eigenvalue weighted by Crippen LogP contribution is 2.58. The molecule has 24 heavy (non-hydrogen) atoms. The van der Waals surface area contributed by atoms with Crippen molar-refractivity contribution in [2.45, 2.75) is 70.8 Å². The van der Waals surface area contributed by atoms with Gasteiger partial charge in [0.25, 0.3) is 0 Å². The van der Waals surface area contributed by atoms with Crippen LogP contribution in [0.25, 0.3) is 0 Å². The number of carbonyl (C=O) groups is 1. The maximum atomic E-state index is 12.0. The van der Waals surface area contributed by atoms with Crippen LogP contribution in [0.4, 0.5) is 0 Å². The second-order valence-corrected chi connectivity index (χ2v) is 8.48. The highest BCUT2D eigenvalue weighted by molar-refractivity contribution is 5.75. The lowest BCUT2D eigenvalue weighted by atomic mass is 9.49. The number of carboxylic acids is 1. The van der Waals surface area contributed by atoms with E-state index in [4.69, 9.17) is 0 Å². The van der Waals surface area contributed by atoms with Crippen molar-refractivity contribution in [3.05, 3.63) is 28.8 Å². The number of rotatable bonds is 2. The van der Waals surface area contributed by atoms with Crippen molar-refractivity contribution in [2.24, 2.45) is 11.3 Å². The van der Waals surface area contributed by atoms with Gasteiger partial charge in [0, 0.05) is 0 Å². The average molecular weight is 332 g/mol. The molecule has 0 radical (unpaired) electrons. The zero-order valence-corrected chi connectivity index (χ0v) is 15.0. The number of hydrogen-bond acceptors (Lipinski definition) is 3. The number of aliphatic carboxylic acids is 1. The van der Waals surface area contributed by atoms with E-state index >= 15 is 0 Å². The summed E-state index contributed by atoms with van der Waals surface area (Å²) < 4.78 is 0. The Morgan fingerprint density at radius 2 is 1.92 bits per heavy atom. The van der Waals surface area contributed by atoms with Crippen molar-refractivity contribution >= 4 is 5.97 Å². The van der Waals surface area contributed by atoms with E-state index in [-0.39, 0.29) is 11.8 Å². The third-order valence-corrected chi connectivity index (χ3v) is 6.58. The van der Waals surface area contributed by atoms with Crippen LogP contribution in [0.5, 0.6) is 5.75 Å². The minimum absolute atomic E-state index is 0.0392. The van der Waals surface area contributed by atoms with Crippen molar-refractivity contribution in [2.75, 3.05) is 0 Å². The van der Waals surface area contributed by atoms with Gasteiger partial charge in [-0.25, -0.2) is 0 Å². The molecule has 0 aromatic heterocycles. The van der Waals surface area contributed by atoms with Gasteiger partial charge in [-0.1, -0.05) is 32.9 Å². The summed E-state index contributed by atoms with van der Waals surface area (Å²) in [6.45, 7) is 7.95. The summed E-state index contributed by atoms with van der Waals surface area (Å²) in [7, 11) is 0. The molecular formula is C20H28O4. The molecular weight excluding hydrogens is 304 g/mol. The highest BCUT2D eigenvalue weighted by atomic mass is 16.4. The summed E-state index contributed by atoms with van der Waals surface area (Å²) in [6.07, 6.45) is 1.64. The summed E-state index contributed by atoms with van der Waals surface area (Å²) in [4.78, 5) is 12.0.